The van der Waals surface area contributed by atoms with E-state index in [-0.39, 0.29) is 12.5 Å². The van der Waals surface area contributed by atoms with E-state index in [0.29, 0.717) is 5.56 Å². The smallest absolute Gasteiger partial charge is 0.243 e. The molecule has 0 saturated carbocycles. The third kappa shape index (κ3) is 4.26. The Morgan fingerprint density at radius 1 is 1.42 bits per heavy atom. The first-order chi connectivity index (χ1) is 8.77. The van der Waals surface area contributed by atoms with Crippen LogP contribution in [-0.2, 0) is 10.0 Å². The molecule has 1 aromatic rings. The first-order valence-electron chi connectivity index (χ1n) is 6.21. The Balaban J connectivity index is 2.82. The van der Waals surface area contributed by atoms with Crippen LogP contribution >= 0.6 is 0 Å². The first kappa shape index (κ1) is 16.1. The molecule has 0 aliphatic rings. The third-order valence-electron chi connectivity index (χ3n) is 3.16. The van der Waals surface area contributed by atoms with Gasteiger partial charge in [0.05, 0.1) is 6.10 Å². The second-order valence-electron chi connectivity index (χ2n) is 4.74. The SMILES string of the molecule is CCC(C)C(O)CNS(=O)(=O)c1ccc(C)cc1F. The van der Waals surface area contributed by atoms with Crippen LogP contribution in [0, 0.1) is 18.7 Å². The molecule has 0 saturated heterocycles. The molecule has 0 aliphatic carbocycles. The van der Waals surface area contributed by atoms with Gasteiger partial charge in [-0.1, -0.05) is 26.3 Å². The standard InChI is InChI=1S/C13H20FNO3S/c1-4-10(3)12(16)8-15-19(17,18)13-6-5-9(2)7-11(13)14/h5-7,10,12,15-16H,4,8H2,1-3H3. The molecule has 0 radical (unpaired) electrons. The van der Waals surface area contributed by atoms with Gasteiger partial charge in [0, 0.05) is 6.54 Å². The highest BCUT2D eigenvalue weighted by atomic mass is 32.2. The van der Waals surface area contributed by atoms with Crippen molar-refractivity contribution in [1.29, 1.82) is 0 Å². The van der Waals surface area contributed by atoms with E-state index in [4.69, 9.17) is 0 Å². The van der Waals surface area contributed by atoms with Crippen molar-refractivity contribution >= 4 is 10.0 Å². The van der Waals surface area contributed by atoms with Crippen LogP contribution in [0.1, 0.15) is 25.8 Å². The fraction of sp³-hybridized carbons (Fsp3) is 0.538. The minimum absolute atomic E-state index is 0.0226. The maximum Gasteiger partial charge on any atom is 0.243 e. The van der Waals surface area contributed by atoms with Gasteiger partial charge in [0.25, 0.3) is 0 Å². The van der Waals surface area contributed by atoms with E-state index in [9.17, 15) is 17.9 Å². The summed E-state index contributed by atoms with van der Waals surface area (Å²) in [4.78, 5) is -0.394. The van der Waals surface area contributed by atoms with Gasteiger partial charge in [0.2, 0.25) is 10.0 Å². The lowest BCUT2D eigenvalue weighted by Crippen LogP contribution is -2.35. The first-order valence-corrected chi connectivity index (χ1v) is 7.70. The lowest BCUT2D eigenvalue weighted by molar-refractivity contribution is 0.118. The van der Waals surface area contributed by atoms with Crippen LogP contribution in [-0.4, -0.2) is 26.2 Å². The monoisotopic (exact) mass is 289 g/mol. The zero-order chi connectivity index (χ0) is 14.6. The summed E-state index contributed by atoms with van der Waals surface area (Å²) in [5, 5.41) is 9.72. The normalized spacial score (nSPS) is 15.2. The van der Waals surface area contributed by atoms with Gasteiger partial charge in [0.15, 0.2) is 0 Å². The van der Waals surface area contributed by atoms with Gasteiger partial charge < -0.3 is 5.11 Å². The predicted octanol–water partition coefficient (Wildman–Crippen LogP) is 1.82. The zero-order valence-electron chi connectivity index (χ0n) is 11.4. The van der Waals surface area contributed by atoms with E-state index in [1.807, 2.05) is 13.8 Å². The lowest BCUT2D eigenvalue weighted by atomic mass is 10.0. The molecule has 2 unspecified atom stereocenters. The highest BCUT2D eigenvalue weighted by Crippen LogP contribution is 2.16. The number of hydrogen-bond donors (Lipinski definition) is 2. The van der Waals surface area contributed by atoms with Crippen molar-refractivity contribution in [3.05, 3.63) is 29.6 Å². The number of aliphatic hydroxyl groups excluding tert-OH is 1. The van der Waals surface area contributed by atoms with Crippen LogP contribution < -0.4 is 4.72 Å². The minimum Gasteiger partial charge on any atom is -0.391 e. The molecule has 1 aromatic carbocycles. The fourth-order valence-electron chi connectivity index (χ4n) is 1.57. The number of halogens is 1. The van der Waals surface area contributed by atoms with Crippen molar-refractivity contribution in [1.82, 2.24) is 4.72 Å². The fourth-order valence-corrected chi connectivity index (χ4v) is 2.68. The number of hydrogen-bond acceptors (Lipinski definition) is 3. The van der Waals surface area contributed by atoms with Crippen LogP contribution in [0.5, 0.6) is 0 Å². The van der Waals surface area contributed by atoms with Crippen LogP contribution in [0.3, 0.4) is 0 Å². The Hall–Kier alpha value is -0.980. The van der Waals surface area contributed by atoms with Gasteiger partial charge in [0.1, 0.15) is 10.7 Å². The van der Waals surface area contributed by atoms with Gasteiger partial charge in [-0.3, -0.25) is 0 Å². The molecule has 2 atom stereocenters. The summed E-state index contributed by atoms with van der Waals surface area (Å²) in [5.74, 6) is -0.809. The zero-order valence-corrected chi connectivity index (χ0v) is 12.2. The molecule has 0 spiro atoms. The van der Waals surface area contributed by atoms with Crippen LogP contribution in [0.25, 0.3) is 0 Å². The van der Waals surface area contributed by atoms with E-state index in [1.165, 1.54) is 18.2 Å². The predicted molar refractivity (Wildman–Crippen MR) is 71.8 cm³/mol. The van der Waals surface area contributed by atoms with Crippen LogP contribution in [0.4, 0.5) is 4.39 Å². The summed E-state index contributed by atoms with van der Waals surface area (Å²) >= 11 is 0. The van der Waals surface area contributed by atoms with Crippen molar-refractivity contribution in [2.45, 2.75) is 38.2 Å². The number of sulfonamides is 1. The molecule has 0 fully saturated rings. The molecule has 19 heavy (non-hydrogen) atoms. The second kappa shape index (κ2) is 6.45. The average molecular weight is 289 g/mol. The number of nitrogens with one attached hydrogen (secondary N) is 1. The molecule has 0 amide bonds. The summed E-state index contributed by atoms with van der Waals surface area (Å²) in [6.45, 7) is 5.29. The van der Waals surface area contributed by atoms with Gasteiger partial charge >= 0.3 is 0 Å². The van der Waals surface area contributed by atoms with Crippen molar-refractivity contribution < 1.29 is 17.9 Å². The van der Waals surface area contributed by atoms with E-state index in [1.54, 1.807) is 6.92 Å². The molecule has 108 valence electrons. The molecule has 1 rings (SSSR count). The van der Waals surface area contributed by atoms with E-state index >= 15 is 0 Å². The largest absolute Gasteiger partial charge is 0.391 e. The molecular formula is C13H20FNO3S. The van der Waals surface area contributed by atoms with E-state index < -0.39 is 26.8 Å². The van der Waals surface area contributed by atoms with Crippen molar-refractivity contribution in [3.63, 3.8) is 0 Å². The minimum atomic E-state index is -3.93. The van der Waals surface area contributed by atoms with Gasteiger partial charge in [-0.15, -0.1) is 0 Å². The molecule has 2 N–H and O–H groups in total. The Labute approximate surface area is 113 Å². The van der Waals surface area contributed by atoms with Crippen molar-refractivity contribution in [2.75, 3.05) is 6.54 Å². The number of aryl methyl sites for hydroxylation is 1. The Morgan fingerprint density at radius 3 is 2.58 bits per heavy atom. The highest BCUT2D eigenvalue weighted by molar-refractivity contribution is 7.89. The molecule has 0 aromatic heterocycles. The maximum atomic E-state index is 13.6. The number of rotatable bonds is 6. The average Bonchev–Trinajstić information content (AvgIpc) is 2.34. The summed E-state index contributed by atoms with van der Waals surface area (Å²) in [6, 6.07) is 3.92. The highest BCUT2D eigenvalue weighted by Gasteiger charge is 2.21. The Kier molecular flexibility index (Phi) is 5.46. The second-order valence-corrected chi connectivity index (χ2v) is 6.47. The molecule has 0 bridgehead atoms. The summed E-state index contributed by atoms with van der Waals surface area (Å²) in [6.07, 6.45) is -0.0461. The van der Waals surface area contributed by atoms with Crippen LogP contribution in [0.15, 0.2) is 23.1 Å². The molecule has 6 heteroatoms. The third-order valence-corrected chi connectivity index (χ3v) is 4.62. The maximum absolute atomic E-state index is 13.6. The lowest BCUT2D eigenvalue weighted by Gasteiger charge is -2.17. The van der Waals surface area contributed by atoms with Gasteiger partial charge in [-0.05, 0) is 30.5 Å². The number of benzene rings is 1. The van der Waals surface area contributed by atoms with Gasteiger partial charge in [-0.25, -0.2) is 17.5 Å². The summed E-state index contributed by atoms with van der Waals surface area (Å²) in [5.41, 5.74) is 0.649. The quantitative estimate of drug-likeness (QED) is 0.839. The van der Waals surface area contributed by atoms with Crippen molar-refractivity contribution in [2.24, 2.45) is 5.92 Å². The molecular weight excluding hydrogens is 269 g/mol. The van der Waals surface area contributed by atoms with Crippen LogP contribution in [0.2, 0.25) is 0 Å². The van der Waals surface area contributed by atoms with E-state index in [2.05, 4.69) is 4.72 Å². The summed E-state index contributed by atoms with van der Waals surface area (Å²) < 4.78 is 39.7. The molecule has 4 nitrogen and oxygen atoms in total. The molecule has 0 heterocycles. The van der Waals surface area contributed by atoms with E-state index in [0.717, 1.165) is 6.42 Å². The topological polar surface area (TPSA) is 66.4 Å². The van der Waals surface area contributed by atoms with Gasteiger partial charge in [-0.2, -0.15) is 0 Å². The Bertz CT molecular complexity index is 531. The number of aliphatic hydroxyl groups is 1. The van der Waals surface area contributed by atoms with Crippen molar-refractivity contribution in [3.8, 4) is 0 Å². The summed E-state index contributed by atoms with van der Waals surface area (Å²) in [7, 11) is -3.93. The Morgan fingerprint density at radius 2 is 2.05 bits per heavy atom. The molecule has 0 aliphatic heterocycles.